The summed E-state index contributed by atoms with van der Waals surface area (Å²) in [4.78, 5) is 37.6. The number of alkyl halides is 6. The fraction of sp³-hybridized carbons (Fsp3) is 0.609. The molecular formula is C23H29Cl3F6N4O5. The van der Waals surface area contributed by atoms with Gasteiger partial charge in [-0.05, 0) is 43.9 Å². The van der Waals surface area contributed by atoms with Crippen molar-refractivity contribution in [2.24, 2.45) is 5.73 Å². The van der Waals surface area contributed by atoms with Gasteiger partial charge in [-0.1, -0.05) is 23.2 Å². The van der Waals surface area contributed by atoms with Crippen molar-refractivity contribution in [3.8, 4) is 0 Å². The van der Waals surface area contributed by atoms with Gasteiger partial charge in [0, 0.05) is 37.2 Å². The van der Waals surface area contributed by atoms with E-state index in [0.717, 1.165) is 12.8 Å². The van der Waals surface area contributed by atoms with E-state index in [9.17, 15) is 40.7 Å². The Morgan fingerprint density at radius 1 is 0.902 bits per heavy atom. The molecule has 2 heterocycles. The highest BCUT2D eigenvalue weighted by atomic mass is 35.5. The Balaban J connectivity index is 0.000000451. The number of nitrogens with one attached hydrogen (secondary N) is 1. The number of carbonyl (C=O) groups excluding carboxylic acids is 3. The first kappa shape index (κ1) is 36.7. The number of ether oxygens (including phenoxy) is 2. The smallest absolute Gasteiger partial charge is 0.422 e. The number of hydrogen-bond donors (Lipinski definition) is 2. The van der Waals surface area contributed by atoms with Gasteiger partial charge in [0.25, 0.3) is 5.91 Å². The van der Waals surface area contributed by atoms with Crippen molar-refractivity contribution in [3.63, 3.8) is 0 Å². The van der Waals surface area contributed by atoms with Crippen LogP contribution < -0.4 is 11.1 Å². The van der Waals surface area contributed by atoms with Crippen LogP contribution in [0.4, 0.5) is 35.9 Å². The summed E-state index contributed by atoms with van der Waals surface area (Å²) < 4.78 is 80.1. The predicted octanol–water partition coefficient (Wildman–Crippen LogP) is 5.42. The van der Waals surface area contributed by atoms with Crippen molar-refractivity contribution in [3.05, 3.63) is 33.8 Å². The highest BCUT2D eigenvalue weighted by molar-refractivity contribution is 6.36. The van der Waals surface area contributed by atoms with Crippen molar-refractivity contribution in [1.82, 2.24) is 15.1 Å². The normalized spacial score (nSPS) is 18.7. The van der Waals surface area contributed by atoms with Gasteiger partial charge < -0.3 is 30.3 Å². The van der Waals surface area contributed by atoms with Gasteiger partial charge in [0.2, 0.25) is 0 Å². The fourth-order valence-electron chi connectivity index (χ4n) is 4.04. The quantitative estimate of drug-likeness (QED) is 0.394. The molecule has 9 nitrogen and oxygen atoms in total. The molecule has 3 amide bonds. The summed E-state index contributed by atoms with van der Waals surface area (Å²) in [5.41, 5.74) is 5.59. The van der Waals surface area contributed by atoms with Gasteiger partial charge in [-0.2, -0.15) is 26.3 Å². The number of benzene rings is 1. The molecule has 41 heavy (non-hydrogen) atoms. The number of likely N-dealkylation sites (tertiary alicyclic amines) is 2. The minimum atomic E-state index is -4.58. The molecule has 3 N–H and O–H groups in total. The molecule has 0 unspecified atom stereocenters. The first-order chi connectivity index (χ1) is 18.6. The minimum Gasteiger partial charge on any atom is -0.440 e. The molecular weight excluding hydrogens is 633 g/mol. The van der Waals surface area contributed by atoms with Crippen LogP contribution in [0.1, 0.15) is 36.0 Å². The van der Waals surface area contributed by atoms with Gasteiger partial charge in [0.05, 0.1) is 16.6 Å². The molecule has 0 aliphatic carbocycles. The maximum atomic E-state index is 12.1. The molecule has 234 valence electrons. The van der Waals surface area contributed by atoms with Gasteiger partial charge in [0.1, 0.15) is 0 Å². The van der Waals surface area contributed by atoms with E-state index in [2.05, 4.69) is 14.8 Å². The van der Waals surface area contributed by atoms with Crippen molar-refractivity contribution in [2.45, 2.75) is 50.1 Å². The maximum Gasteiger partial charge on any atom is 0.422 e. The first-order valence-electron chi connectivity index (χ1n) is 12.0. The van der Waals surface area contributed by atoms with E-state index < -0.39 is 49.7 Å². The van der Waals surface area contributed by atoms with E-state index in [4.69, 9.17) is 28.9 Å². The summed E-state index contributed by atoms with van der Waals surface area (Å²) >= 11 is 11.7. The van der Waals surface area contributed by atoms with Gasteiger partial charge in [0.15, 0.2) is 13.2 Å². The first-order valence-corrected chi connectivity index (χ1v) is 12.8. The molecule has 3 rings (SSSR count). The predicted molar refractivity (Wildman–Crippen MR) is 139 cm³/mol. The maximum absolute atomic E-state index is 12.1. The lowest BCUT2D eigenvalue weighted by Crippen LogP contribution is -2.44. The Kier molecular flexibility index (Phi) is 14.6. The van der Waals surface area contributed by atoms with Gasteiger partial charge in [-0.15, -0.1) is 12.4 Å². The average molecular weight is 662 g/mol. The zero-order valence-electron chi connectivity index (χ0n) is 21.4. The third-order valence-corrected chi connectivity index (χ3v) is 6.44. The Labute approximate surface area is 248 Å². The van der Waals surface area contributed by atoms with Crippen LogP contribution in [0, 0.1) is 0 Å². The van der Waals surface area contributed by atoms with E-state index in [0.29, 0.717) is 24.4 Å². The van der Waals surface area contributed by atoms with Crippen LogP contribution in [-0.4, -0.2) is 91.7 Å². The number of carbonyl (C=O) groups is 3. The lowest BCUT2D eigenvalue weighted by atomic mass is 10.2. The fourth-order valence-corrected chi connectivity index (χ4v) is 4.54. The Morgan fingerprint density at radius 3 is 1.85 bits per heavy atom. The highest BCUT2D eigenvalue weighted by Gasteiger charge is 2.35. The Bertz CT molecular complexity index is 1030. The van der Waals surface area contributed by atoms with Crippen molar-refractivity contribution in [2.75, 3.05) is 39.4 Å². The van der Waals surface area contributed by atoms with Crippen LogP contribution in [0.15, 0.2) is 18.2 Å². The molecule has 2 atom stereocenters. The number of hydrogen-bond acceptors (Lipinski definition) is 6. The van der Waals surface area contributed by atoms with Crippen molar-refractivity contribution in [1.29, 1.82) is 0 Å². The van der Waals surface area contributed by atoms with Gasteiger partial charge in [-0.3, -0.25) is 4.79 Å². The van der Waals surface area contributed by atoms with Crippen LogP contribution in [-0.2, 0) is 9.47 Å². The average Bonchev–Trinajstić information content (AvgIpc) is 3.53. The SMILES string of the molecule is Cl.NC[C@@H]1CCCN1C(=O)OCC(F)(F)F.O=C(NC[C@@H]1CCCN1C(=O)OCC(F)(F)F)c1ccc(Cl)cc1Cl. The molecule has 1 aromatic rings. The standard InChI is InChI=1S/C15H15Cl2F3N2O3.C8H13F3N2O2.ClH/c16-9-3-4-11(12(17)6-9)13(23)21-7-10-2-1-5-22(10)14(24)25-8-15(18,19)20;9-8(10,11)5-15-7(14)13-3-1-2-6(13)4-12;/h3-4,6,10H,1-2,5,7-8H2,(H,21,23);6H,1-5,12H2;1H/t10-;6-;/m00./s1. The highest BCUT2D eigenvalue weighted by Crippen LogP contribution is 2.23. The molecule has 2 aliphatic heterocycles. The minimum absolute atomic E-state index is 0. The molecule has 2 saturated heterocycles. The number of nitrogens with two attached hydrogens (primary N) is 1. The molecule has 0 aromatic heterocycles. The second kappa shape index (κ2) is 16.3. The van der Waals surface area contributed by atoms with Crippen molar-refractivity contribution >= 4 is 53.7 Å². The van der Waals surface area contributed by atoms with E-state index in [-0.39, 0.29) is 48.7 Å². The number of rotatable bonds is 6. The van der Waals surface area contributed by atoms with Crippen LogP contribution in [0.25, 0.3) is 0 Å². The largest absolute Gasteiger partial charge is 0.440 e. The molecule has 18 heteroatoms. The van der Waals surface area contributed by atoms with E-state index in [1.165, 1.54) is 28.0 Å². The zero-order chi connectivity index (χ0) is 30.1. The molecule has 0 bridgehead atoms. The zero-order valence-corrected chi connectivity index (χ0v) is 23.7. The monoisotopic (exact) mass is 660 g/mol. The molecule has 1 aromatic carbocycles. The van der Waals surface area contributed by atoms with Crippen LogP contribution >= 0.6 is 35.6 Å². The summed E-state index contributed by atoms with van der Waals surface area (Å²) in [6.07, 6.45) is -8.39. The second-order valence-corrected chi connectivity index (χ2v) is 9.73. The number of nitrogens with zero attached hydrogens (tertiary/aromatic N) is 2. The number of amides is 3. The molecule has 0 saturated carbocycles. The Hall–Kier alpha value is -2.36. The molecule has 2 fully saturated rings. The second-order valence-electron chi connectivity index (χ2n) is 8.89. The summed E-state index contributed by atoms with van der Waals surface area (Å²) in [5, 5.41) is 3.18. The molecule has 0 spiro atoms. The third-order valence-electron chi connectivity index (χ3n) is 5.89. The Morgan fingerprint density at radius 2 is 1.39 bits per heavy atom. The van der Waals surface area contributed by atoms with Gasteiger partial charge in [-0.25, -0.2) is 9.59 Å². The molecule has 0 radical (unpaired) electrons. The summed E-state index contributed by atoms with van der Waals surface area (Å²) in [5.74, 6) is -0.461. The summed E-state index contributed by atoms with van der Waals surface area (Å²) in [6, 6.07) is 3.78. The van der Waals surface area contributed by atoms with Crippen LogP contribution in [0.5, 0.6) is 0 Å². The van der Waals surface area contributed by atoms with Crippen LogP contribution in [0.2, 0.25) is 10.0 Å². The van der Waals surface area contributed by atoms with Crippen molar-refractivity contribution < 1.29 is 50.2 Å². The lowest BCUT2D eigenvalue weighted by Gasteiger charge is -2.24. The summed E-state index contributed by atoms with van der Waals surface area (Å²) in [6.45, 7) is -2.15. The molecule has 2 aliphatic rings. The van der Waals surface area contributed by atoms with E-state index in [1.54, 1.807) is 0 Å². The van der Waals surface area contributed by atoms with E-state index >= 15 is 0 Å². The lowest BCUT2D eigenvalue weighted by molar-refractivity contribution is -0.163. The van der Waals surface area contributed by atoms with Crippen LogP contribution in [0.3, 0.4) is 0 Å². The summed E-state index contributed by atoms with van der Waals surface area (Å²) in [7, 11) is 0. The van der Waals surface area contributed by atoms with E-state index in [1.807, 2.05) is 0 Å². The topological polar surface area (TPSA) is 114 Å². The number of halogens is 9. The van der Waals surface area contributed by atoms with Gasteiger partial charge >= 0.3 is 24.5 Å². The third kappa shape index (κ3) is 12.6.